The normalized spacial score (nSPS) is 14.8. The molecular weight excluding hydrogens is 402 g/mol. The molecule has 0 bridgehead atoms. The number of carbonyl (C=O) groups is 1. The maximum Gasteiger partial charge on any atom is 0.262 e. The monoisotopic (exact) mass is 427 g/mol. The van der Waals surface area contributed by atoms with Crippen molar-refractivity contribution in [1.82, 2.24) is 4.31 Å². The third-order valence-electron chi connectivity index (χ3n) is 5.26. The predicted molar refractivity (Wildman–Crippen MR) is 114 cm³/mol. The van der Waals surface area contributed by atoms with Gasteiger partial charge in [-0.1, -0.05) is 31.4 Å². The van der Waals surface area contributed by atoms with Crippen LogP contribution < -0.4 is 10.1 Å². The summed E-state index contributed by atoms with van der Waals surface area (Å²) in [6, 6.07) is 14.8. The smallest absolute Gasteiger partial charge is 0.262 e. The van der Waals surface area contributed by atoms with Crippen LogP contribution in [0.2, 0.25) is 0 Å². The number of amides is 1. The Hall–Kier alpha value is -2.89. The zero-order valence-electron chi connectivity index (χ0n) is 16.9. The third kappa shape index (κ3) is 5.17. The number of benzene rings is 2. The molecule has 2 aromatic rings. The molecule has 0 unspecified atom stereocenters. The van der Waals surface area contributed by atoms with Gasteiger partial charge in [-0.15, -0.1) is 0 Å². The maximum atomic E-state index is 13.2. The number of rotatable bonds is 7. The van der Waals surface area contributed by atoms with Gasteiger partial charge >= 0.3 is 0 Å². The van der Waals surface area contributed by atoms with Gasteiger partial charge in [-0.3, -0.25) is 4.79 Å². The zero-order valence-corrected chi connectivity index (χ0v) is 17.7. The summed E-state index contributed by atoms with van der Waals surface area (Å²) in [5.74, 6) is -0.0237. The molecular formula is C22H25N3O4S. The molecule has 0 radical (unpaired) electrons. The Morgan fingerprint density at radius 2 is 1.80 bits per heavy atom. The highest BCUT2D eigenvalue weighted by Gasteiger charge is 2.31. The van der Waals surface area contributed by atoms with E-state index in [1.54, 1.807) is 49.5 Å². The van der Waals surface area contributed by atoms with Crippen molar-refractivity contribution in [2.24, 2.45) is 0 Å². The quantitative estimate of drug-likeness (QED) is 0.729. The van der Waals surface area contributed by atoms with Gasteiger partial charge in [0.1, 0.15) is 10.6 Å². The minimum absolute atomic E-state index is 0.0211. The second-order valence-electron chi connectivity index (χ2n) is 7.28. The van der Waals surface area contributed by atoms with E-state index in [2.05, 4.69) is 5.32 Å². The molecule has 3 rings (SSSR count). The summed E-state index contributed by atoms with van der Waals surface area (Å²) >= 11 is 0. The Kier molecular flexibility index (Phi) is 7.08. The molecule has 0 spiro atoms. The van der Waals surface area contributed by atoms with Gasteiger partial charge in [0.2, 0.25) is 10.0 Å². The Labute approximate surface area is 177 Å². The minimum atomic E-state index is -3.74. The van der Waals surface area contributed by atoms with Gasteiger partial charge in [0.15, 0.2) is 6.61 Å². The van der Waals surface area contributed by atoms with Crippen molar-refractivity contribution in [2.45, 2.75) is 43.0 Å². The highest BCUT2D eigenvalue weighted by molar-refractivity contribution is 7.89. The van der Waals surface area contributed by atoms with Crippen LogP contribution in [0.1, 0.15) is 37.7 Å². The molecule has 1 aliphatic carbocycles. The van der Waals surface area contributed by atoms with Crippen LogP contribution in [0, 0.1) is 11.3 Å². The molecule has 1 amide bonds. The lowest BCUT2D eigenvalue weighted by Crippen LogP contribution is -2.38. The average molecular weight is 428 g/mol. The fourth-order valence-electron chi connectivity index (χ4n) is 3.55. The van der Waals surface area contributed by atoms with E-state index in [4.69, 9.17) is 10.00 Å². The van der Waals surface area contributed by atoms with E-state index in [0.717, 1.165) is 32.1 Å². The van der Waals surface area contributed by atoms with Gasteiger partial charge in [-0.05, 0) is 49.2 Å². The number of anilines is 1. The number of nitriles is 1. The molecule has 0 aliphatic heterocycles. The van der Waals surface area contributed by atoms with Crippen molar-refractivity contribution < 1.29 is 17.9 Å². The molecule has 0 atom stereocenters. The number of nitrogens with one attached hydrogen (secondary N) is 1. The van der Waals surface area contributed by atoms with E-state index in [-0.39, 0.29) is 23.2 Å². The predicted octanol–water partition coefficient (Wildman–Crippen LogP) is 3.53. The van der Waals surface area contributed by atoms with Crippen LogP contribution in [-0.2, 0) is 14.8 Å². The first kappa shape index (κ1) is 21.8. The maximum absolute atomic E-state index is 13.2. The van der Waals surface area contributed by atoms with Crippen molar-refractivity contribution >= 4 is 21.6 Å². The van der Waals surface area contributed by atoms with Crippen LogP contribution in [-0.4, -0.2) is 38.3 Å². The molecule has 0 heterocycles. The van der Waals surface area contributed by atoms with Crippen molar-refractivity contribution in [2.75, 3.05) is 19.0 Å². The van der Waals surface area contributed by atoms with Gasteiger partial charge in [0.05, 0.1) is 17.3 Å². The van der Waals surface area contributed by atoms with Crippen molar-refractivity contribution in [3.63, 3.8) is 0 Å². The second-order valence-corrected chi connectivity index (χ2v) is 9.25. The van der Waals surface area contributed by atoms with Gasteiger partial charge in [-0.2, -0.15) is 9.57 Å². The Morgan fingerprint density at radius 3 is 2.47 bits per heavy atom. The van der Waals surface area contributed by atoms with Crippen molar-refractivity contribution in [3.05, 3.63) is 54.1 Å². The summed E-state index contributed by atoms with van der Waals surface area (Å²) in [5, 5.41) is 11.5. The van der Waals surface area contributed by atoms with E-state index in [1.165, 1.54) is 10.4 Å². The second kappa shape index (κ2) is 9.74. The highest BCUT2D eigenvalue weighted by atomic mass is 32.2. The van der Waals surface area contributed by atoms with Crippen LogP contribution >= 0.6 is 0 Å². The van der Waals surface area contributed by atoms with E-state index in [9.17, 15) is 13.2 Å². The molecule has 1 fully saturated rings. The average Bonchev–Trinajstić information content (AvgIpc) is 2.78. The topological polar surface area (TPSA) is 99.5 Å². The van der Waals surface area contributed by atoms with Crippen LogP contribution in [0.25, 0.3) is 0 Å². The van der Waals surface area contributed by atoms with Crippen LogP contribution in [0.5, 0.6) is 5.75 Å². The lowest BCUT2D eigenvalue weighted by Gasteiger charge is -2.30. The zero-order chi connectivity index (χ0) is 21.6. The summed E-state index contributed by atoms with van der Waals surface area (Å²) in [4.78, 5) is 12.4. The molecule has 1 saturated carbocycles. The van der Waals surface area contributed by atoms with Crippen LogP contribution in [0.4, 0.5) is 5.69 Å². The number of hydrogen-bond acceptors (Lipinski definition) is 5. The summed E-state index contributed by atoms with van der Waals surface area (Å²) in [6.45, 7) is -0.279. The lowest BCUT2D eigenvalue weighted by molar-refractivity contribution is -0.118. The van der Waals surface area contributed by atoms with Gasteiger partial charge in [0, 0.05) is 13.1 Å². The van der Waals surface area contributed by atoms with E-state index < -0.39 is 15.9 Å². The SMILES string of the molecule is CN(C1CCCCC1)S(=O)(=O)c1ccccc1NC(=O)COc1ccc(C#N)cc1. The number of hydrogen-bond donors (Lipinski definition) is 1. The Morgan fingerprint density at radius 1 is 1.13 bits per heavy atom. The number of para-hydroxylation sites is 1. The van der Waals surface area contributed by atoms with Crippen molar-refractivity contribution in [1.29, 1.82) is 5.26 Å². The Bertz CT molecular complexity index is 1020. The number of sulfonamides is 1. The summed E-state index contributed by atoms with van der Waals surface area (Å²) < 4.78 is 33.2. The first-order valence-corrected chi connectivity index (χ1v) is 11.4. The van der Waals surface area contributed by atoms with Crippen LogP contribution in [0.3, 0.4) is 0 Å². The molecule has 1 N–H and O–H groups in total. The molecule has 8 heteroatoms. The largest absolute Gasteiger partial charge is 0.484 e. The molecule has 1 aliphatic rings. The number of ether oxygens (including phenoxy) is 1. The Balaban J connectivity index is 1.69. The fourth-order valence-corrected chi connectivity index (χ4v) is 5.11. The number of carbonyl (C=O) groups excluding carboxylic acids is 1. The van der Waals surface area contributed by atoms with Gasteiger partial charge < -0.3 is 10.1 Å². The first-order valence-electron chi connectivity index (χ1n) is 9.91. The molecule has 30 heavy (non-hydrogen) atoms. The molecule has 0 saturated heterocycles. The molecule has 2 aromatic carbocycles. The summed E-state index contributed by atoms with van der Waals surface area (Å²) in [6.07, 6.45) is 4.88. The standard InChI is InChI=1S/C22H25N3O4S/c1-25(18-7-3-2-4-8-18)30(27,28)21-10-6-5-9-20(21)24-22(26)16-29-19-13-11-17(15-23)12-14-19/h5-6,9-14,18H,2-4,7-8,16H2,1H3,(H,24,26). The summed E-state index contributed by atoms with van der Waals surface area (Å²) in [5.41, 5.74) is 0.724. The number of nitrogens with zero attached hydrogens (tertiary/aromatic N) is 2. The minimum Gasteiger partial charge on any atom is -0.484 e. The fraction of sp³-hybridized carbons (Fsp3) is 0.364. The first-order chi connectivity index (χ1) is 14.4. The van der Waals surface area contributed by atoms with E-state index >= 15 is 0 Å². The van der Waals surface area contributed by atoms with Gasteiger partial charge in [0.25, 0.3) is 5.91 Å². The molecule has 158 valence electrons. The van der Waals surface area contributed by atoms with E-state index in [0.29, 0.717) is 11.3 Å². The van der Waals surface area contributed by atoms with Crippen molar-refractivity contribution in [3.8, 4) is 11.8 Å². The lowest BCUT2D eigenvalue weighted by atomic mass is 9.96. The van der Waals surface area contributed by atoms with E-state index in [1.807, 2.05) is 6.07 Å². The molecule has 0 aromatic heterocycles. The summed E-state index contributed by atoms with van der Waals surface area (Å²) in [7, 11) is -2.13. The molecule has 7 nitrogen and oxygen atoms in total. The van der Waals surface area contributed by atoms with Gasteiger partial charge in [-0.25, -0.2) is 8.42 Å². The third-order valence-corrected chi connectivity index (χ3v) is 7.23. The highest BCUT2D eigenvalue weighted by Crippen LogP contribution is 2.29. The van der Waals surface area contributed by atoms with Crippen LogP contribution in [0.15, 0.2) is 53.4 Å².